The lowest BCUT2D eigenvalue weighted by Crippen LogP contribution is -2.31. The van der Waals surface area contributed by atoms with Crippen LogP contribution >= 0.6 is 12.2 Å². The highest BCUT2D eigenvalue weighted by molar-refractivity contribution is 7.80. The summed E-state index contributed by atoms with van der Waals surface area (Å²) in [5, 5.41) is 38.2. The number of carboxylic acid groups (broad SMARTS) is 1. The number of nitrogens with zero attached hydrogens (tertiary/aromatic N) is 4. The standard InChI is InChI=1S/C47H48N10O9S/c1-54(2)16-6-14-48-43(61)36-19-28(24-55(36)3)51-45(63)38-20-29(25-57(38)5)52-44(62)37-18-27(23-56(37)4)50-41(60)13-15-49-47(67)53-26-7-10-32(35(17-26)46(64)65)42-33-11-8-30(58)21-39(33)66-40-22-31(59)9-12-34(40)42/h7-12,17-25,58H,6,13-16H2,1-5H3,(H,48,61)(H,50,60)(H,51,63)(H,52,62)(H,64,65)(H2,49,53,67). The van der Waals surface area contributed by atoms with Gasteiger partial charge in [0.05, 0.1) is 22.6 Å². The molecule has 20 heteroatoms. The number of carbonyl (C=O) groups excluding carboxylic acids is 4. The van der Waals surface area contributed by atoms with Gasteiger partial charge < -0.3 is 65.1 Å². The average Bonchev–Trinajstić information content (AvgIpc) is 3.95. The van der Waals surface area contributed by atoms with Crippen LogP contribution in [0.5, 0.6) is 5.75 Å². The van der Waals surface area contributed by atoms with Crippen molar-refractivity contribution in [3.05, 3.63) is 124 Å². The zero-order valence-corrected chi connectivity index (χ0v) is 38.0. The second kappa shape index (κ2) is 19.9. The predicted molar refractivity (Wildman–Crippen MR) is 258 cm³/mol. The minimum absolute atomic E-state index is 0.0131. The van der Waals surface area contributed by atoms with Crippen molar-refractivity contribution in [2.24, 2.45) is 21.1 Å². The van der Waals surface area contributed by atoms with E-state index in [4.69, 9.17) is 16.6 Å². The van der Waals surface area contributed by atoms with Crippen LogP contribution < -0.4 is 37.3 Å². The molecule has 0 spiro atoms. The number of aromatic carboxylic acids is 1. The number of hydrogen-bond acceptors (Lipinski definition) is 10. The molecule has 5 aromatic rings. The summed E-state index contributed by atoms with van der Waals surface area (Å²) >= 11 is 5.44. The predicted octanol–water partition coefficient (Wildman–Crippen LogP) is 5.49. The number of nitrogens with one attached hydrogen (secondary N) is 6. The third-order valence-corrected chi connectivity index (χ3v) is 10.9. The second-order valence-corrected chi connectivity index (χ2v) is 16.5. The Morgan fingerprint density at radius 3 is 1.88 bits per heavy atom. The Labute approximate surface area is 388 Å². The number of aryl methyl sites for hydroxylation is 3. The fourth-order valence-electron chi connectivity index (χ4n) is 7.51. The summed E-state index contributed by atoms with van der Waals surface area (Å²) in [5.74, 6) is -2.62. The highest BCUT2D eigenvalue weighted by Crippen LogP contribution is 2.42. The molecule has 0 fully saturated rings. The fraction of sp³-hybridized carbons (Fsp3) is 0.213. The smallest absolute Gasteiger partial charge is 0.336 e. The lowest BCUT2D eigenvalue weighted by Gasteiger charge is -2.18. The van der Waals surface area contributed by atoms with Crippen LogP contribution in [0.1, 0.15) is 54.7 Å². The zero-order chi connectivity index (χ0) is 48.1. The number of aromatic hydroxyl groups is 1. The number of fused-ring (bicyclic) bond motifs is 2. The summed E-state index contributed by atoms with van der Waals surface area (Å²) in [6.45, 7) is 1.47. The maximum atomic E-state index is 13.3. The Hall–Kier alpha value is -8.23. The third-order valence-electron chi connectivity index (χ3n) is 10.7. The van der Waals surface area contributed by atoms with E-state index in [-0.39, 0.29) is 69.4 Å². The van der Waals surface area contributed by atoms with Gasteiger partial charge in [0, 0.05) is 93.6 Å². The molecule has 346 valence electrons. The SMILES string of the molecule is CN(C)CCCNC(=O)c1cc(NC(=O)c2cc(NC(=O)c3cc(NC(=O)CCNC(=S)Nc4ccc(-c5c6ccc(=O)cc-6oc6cc(O)ccc56)c(C(=O)O)c4)cn3C)cn2C)cn1C. The van der Waals surface area contributed by atoms with E-state index < -0.39 is 17.8 Å². The van der Waals surface area contributed by atoms with E-state index in [1.165, 1.54) is 42.5 Å². The van der Waals surface area contributed by atoms with E-state index in [9.17, 15) is 39.0 Å². The number of hydrogen-bond donors (Lipinski definition) is 8. The molecule has 2 aromatic carbocycles. The maximum absolute atomic E-state index is 13.3. The number of carbonyl (C=O) groups is 5. The Morgan fingerprint density at radius 1 is 0.672 bits per heavy atom. The number of phenols is 1. The molecule has 7 rings (SSSR count). The molecule has 4 amide bonds. The van der Waals surface area contributed by atoms with Gasteiger partial charge in [0.25, 0.3) is 17.7 Å². The number of aromatic nitrogens is 3. The van der Waals surface area contributed by atoms with Crippen LogP contribution in [0.25, 0.3) is 33.4 Å². The summed E-state index contributed by atoms with van der Waals surface area (Å²) in [4.78, 5) is 79.0. The first-order chi connectivity index (χ1) is 31.9. The minimum Gasteiger partial charge on any atom is -0.508 e. The number of anilines is 4. The van der Waals surface area contributed by atoms with Crippen molar-refractivity contribution in [2.45, 2.75) is 12.8 Å². The second-order valence-electron chi connectivity index (χ2n) is 16.1. The van der Waals surface area contributed by atoms with Crippen molar-refractivity contribution >= 4 is 80.6 Å². The van der Waals surface area contributed by atoms with Crippen molar-refractivity contribution in [1.29, 1.82) is 0 Å². The molecule has 0 unspecified atom stereocenters. The van der Waals surface area contributed by atoms with E-state index in [1.807, 2.05) is 19.0 Å². The van der Waals surface area contributed by atoms with Crippen LogP contribution in [0.3, 0.4) is 0 Å². The summed E-state index contributed by atoms with van der Waals surface area (Å²) < 4.78 is 10.6. The van der Waals surface area contributed by atoms with Gasteiger partial charge in [0.15, 0.2) is 10.5 Å². The molecule has 19 nitrogen and oxygen atoms in total. The molecular formula is C47H48N10O9S. The fourth-order valence-corrected chi connectivity index (χ4v) is 7.73. The van der Waals surface area contributed by atoms with Gasteiger partial charge in [-0.2, -0.15) is 0 Å². The highest BCUT2D eigenvalue weighted by atomic mass is 32.1. The normalized spacial score (nSPS) is 11.1. The topological polar surface area (TPSA) is 246 Å². The van der Waals surface area contributed by atoms with Gasteiger partial charge >= 0.3 is 5.97 Å². The van der Waals surface area contributed by atoms with Crippen molar-refractivity contribution < 1.29 is 38.6 Å². The van der Waals surface area contributed by atoms with E-state index in [2.05, 4.69) is 31.9 Å². The number of benzene rings is 3. The molecule has 0 radical (unpaired) electrons. The average molecular weight is 929 g/mol. The van der Waals surface area contributed by atoms with Crippen LogP contribution in [0.2, 0.25) is 0 Å². The Balaban J connectivity index is 0.913. The molecule has 0 saturated heterocycles. The largest absolute Gasteiger partial charge is 0.508 e. The summed E-state index contributed by atoms with van der Waals surface area (Å²) in [7, 11) is 8.95. The first kappa shape index (κ1) is 46.8. The number of rotatable bonds is 16. The first-order valence-electron chi connectivity index (χ1n) is 20.9. The Morgan fingerprint density at radius 2 is 1.27 bits per heavy atom. The van der Waals surface area contributed by atoms with Crippen molar-refractivity contribution in [3.8, 4) is 28.2 Å². The molecule has 1 aliphatic carbocycles. The van der Waals surface area contributed by atoms with Gasteiger partial charge in [-0.3, -0.25) is 24.0 Å². The lowest BCUT2D eigenvalue weighted by molar-refractivity contribution is -0.116. The summed E-state index contributed by atoms with van der Waals surface area (Å²) in [6.07, 6.45) is 5.60. The molecule has 0 saturated carbocycles. The zero-order valence-electron chi connectivity index (χ0n) is 37.1. The van der Waals surface area contributed by atoms with Crippen LogP contribution in [-0.2, 0) is 25.9 Å². The van der Waals surface area contributed by atoms with E-state index in [1.54, 1.807) is 83.8 Å². The van der Waals surface area contributed by atoms with E-state index >= 15 is 0 Å². The van der Waals surface area contributed by atoms with E-state index in [0.717, 1.165) is 13.0 Å². The number of amides is 4. The highest BCUT2D eigenvalue weighted by Gasteiger charge is 2.23. The monoisotopic (exact) mass is 928 g/mol. The van der Waals surface area contributed by atoms with Crippen molar-refractivity contribution in [3.63, 3.8) is 0 Å². The Bertz CT molecular complexity index is 3110. The number of carboxylic acids is 1. The van der Waals surface area contributed by atoms with Crippen LogP contribution in [0, 0.1) is 0 Å². The van der Waals surface area contributed by atoms with Gasteiger partial charge in [0.1, 0.15) is 34.2 Å². The molecule has 3 aromatic heterocycles. The van der Waals surface area contributed by atoms with Crippen LogP contribution in [-0.4, -0.2) is 97.3 Å². The lowest BCUT2D eigenvalue weighted by atomic mass is 9.90. The molecule has 1 aliphatic heterocycles. The summed E-state index contributed by atoms with van der Waals surface area (Å²) in [5.41, 5.74) is 3.64. The summed E-state index contributed by atoms with van der Waals surface area (Å²) in [6, 6.07) is 18.0. The van der Waals surface area contributed by atoms with Crippen LogP contribution in [0.15, 0.2) is 101 Å². The van der Waals surface area contributed by atoms with Gasteiger partial charge in [-0.15, -0.1) is 0 Å². The van der Waals surface area contributed by atoms with Crippen molar-refractivity contribution in [2.75, 3.05) is 55.0 Å². The van der Waals surface area contributed by atoms with Crippen molar-refractivity contribution in [1.82, 2.24) is 29.2 Å². The number of thiocarbonyl (C=S) groups is 1. The molecule has 0 bridgehead atoms. The van der Waals surface area contributed by atoms with Gasteiger partial charge in [-0.25, -0.2) is 4.79 Å². The van der Waals surface area contributed by atoms with Gasteiger partial charge in [-0.1, -0.05) is 6.07 Å². The Kier molecular flexibility index (Phi) is 13.9. The molecule has 8 N–H and O–H groups in total. The maximum Gasteiger partial charge on any atom is 0.336 e. The van der Waals surface area contributed by atoms with E-state index in [0.29, 0.717) is 57.1 Å². The third kappa shape index (κ3) is 11.0. The van der Waals surface area contributed by atoms with Crippen LogP contribution in [0.4, 0.5) is 22.7 Å². The molecular weight excluding hydrogens is 881 g/mol. The quantitative estimate of drug-likeness (QED) is 0.0340. The first-order valence-corrected chi connectivity index (χ1v) is 21.3. The van der Waals surface area contributed by atoms with Gasteiger partial charge in [-0.05, 0) is 99.4 Å². The minimum atomic E-state index is -1.22. The number of phenolic OH excluding ortho intramolecular Hbond substituents is 1. The molecule has 0 atom stereocenters. The van der Waals surface area contributed by atoms with Gasteiger partial charge in [0.2, 0.25) is 5.91 Å². The molecule has 2 aliphatic rings. The molecule has 67 heavy (non-hydrogen) atoms. The molecule has 4 heterocycles.